The highest BCUT2D eigenvalue weighted by atomic mass is 35.5. The Morgan fingerprint density at radius 1 is 1.12 bits per heavy atom. The van der Waals surface area contributed by atoms with Crippen LogP contribution >= 0.6 is 11.6 Å². The molecule has 0 aliphatic rings. The van der Waals surface area contributed by atoms with Gasteiger partial charge >= 0.3 is 5.97 Å². The van der Waals surface area contributed by atoms with E-state index < -0.39 is 5.97 Å². The van der Waals surface area contributed by atoms with E-state index >= 15 is 0 Å². The van der Waals surface area contributed by atoms with Gasteiger partial charge in [0.1, 0.15) is 0 Å². The smallest absolute Gasteiger partial charge is 0.343 e. The Morgan fingerprint density at radius 3 is 2.46 bits per heavy atom. The first-order valence-corrected chi connectivity index (χ1v) is 8.22. The van der Waals surface area contributed by atoms with Gasteiger partial charge in [-0.25, -0.2) is 4.79 Å². The van der Waals surface area contributed by atoms with Crippen LogP contribution < -0.4 is 18.9 Å². The lowest BCUT2D eigenvalue weighted by Gasteiger charge is -2.14. The minimum Gasteiger partial charge on any atom is -0.493 e. The molecule has 7 heteroatoms. The topological polar surface area (TPSA) is 77.8 Å². The molecule has 0 saturated heterocycles. The van der Waals surface area contributed by atoms with Gasteiger partial charge in [0.2, 0.25) is 0 Å². The molecule has 0 atom stereocenters. The van der Waals surface area contributed by atoms with Gasteiger partial charge in [-0.15, -0.1) is 0 Å². The molecule has 0 radical (unpaired) electrons. The second-order valence-corrected chi connectivity index (χ2v) is 5.61. The van der Waals surface area contributed by atoms with Crippen molar-refractivity contribution in [1.82, 2.24) is 0 Å². The number of nitriles is 1. The maximum Gasteiger partial charge on any atom is 0.343 e. The first kappa shape index (κ1) is 19.4. The summed E-state index contributed by atoms with van der Waals surface area (Å²) in [6.45, 7) is 2.44. The molecule has 6 nitrogen and oxygen atoms in total. The van der Waals surface area contributed by atoms with Gasteiger partial charge in [0, 0.05) is 6.07 Å². The third-order valence-electron chi connectivity index (χ3n) is 3.41. The van der Waals surface area contributed by atoms with Crippen LogP contribution in [-0.4, -0.2) is 26.8 Å². The van der Waals surface area contributed by atoms with Crippen molar-refractivity contribution in [2.45, 2.75) is 13.3 Å². The molecule has 136 valence electrons. The normalized spacial score (nSPS) is 9.96. The first-order chi connectivity index (χ1) is 12.5. The molecule has 2 aromatic carbocycles. The molecular weight excluding hydrogens is 358 g/mol. The fourth-order valence-corrected chi connectivity index (χ4v) is 2.43. The Morgan fingerprint density at radius 2 is 1.85 bits per heavy atom. The molecule has 0 aliphatic heterocycles. The van der Waals surface area contributed by atoms with Crippen molar-refractivity contribution in [1.29, 1.82) is 5.26 Å². The molecule has 0 N–H and O–H groups in total. The molecule has 0 unspecified atom stereocenters. The van der Waals surface area contributed by atoms with Gasteiger partial charge in [0.05, 0.1) is 43.0 Å². The molecular formula is C19H18ClNO5. The predicted molar refractivity (Wildman–Crippen MR) is 96.5 cm³/mol. The monoisotopic (exact) mass is 375 g/mol. The minimum absolute atomic E-state index is 0.192. The summed E-state index contributed by atoms with van der Waals surface area (Å²) in [6, 6.07) is 9.44. The first-order valence-electron chi connectivity index (χ1n) is 7.84. The fraction of sp³-hybridized carbons (Fsp3) is 0.263. The number of hydrogen-bond donors (Lipinski definition) is 0. The lowest BCUT2D eigenvalue weighted by Crippen LogP contribution is -2.10. The molecule has 0 spiro atoms. The van der Waals surface area contributed by atoms with Gasteiger partial charge in [-0.05, 0) is 30.7 Å². The summed E-state index contributed by atoms with van der Waals surface area (Å²) >= 11 is 6.22. The zero-order chi connectivity index (χ0) is 19.1. The number of halogens is 1. The van der Waals surface area contributed by atoms with Crippen molar-refractivity contribution in [2.75, 3.05) is 20.8 Å². The van der Waals surface area contributed by atoms with Gasteiger partial charge in [0.25, 0.3) is 0 Å². The molecule has 26 heavy (non-hydrogen) atoms. The summed E-state index contributed by atoms with van der Waals surface area (Å²) in [5, 5.41) is 9.18. The van der Waals surface area contributed by atoms with Crippen LogP contribution in [0.25, 0.3) is 0 Å². The van der Waals surface area contributed by atoms with E-state index in [4.69, 9.17) is 35.8 Å². The summed E-state index contributed by atoms with van der Waals surface area (Å²) < 4.78 is 21.4. The van der Waals surface area contributed by atoms with E-state index in [1.165, 1.54) is 44.6 Å². The molecule has 0 heterocycles. The van der Waals surface area contributed by atoms with Crippen LogP contribution in [0.4, 0.5) is 0 Å². The lowest BCUT2D eigenvalue weighted by molar-refractivity contribution is 0.0729. The third kappa shape index (κ3) is 4.38. The van der Waals surface area contributed by atoms with Crippen LogP contribution in [0.1, 0.15) is 29.3 Å². The van der Waals surface area contributed by atoms with Crippen molar-refractivity contribution < 1.29 is 23.7 Å². The summed E-state index contributed by atoms with van der Waals surface area (Å²) in [4.78, 5) is 12.5. The second-order valence-electron chi connectivity index (χ2n) is 5.20. The largest absolute Gasteiger partial charge is 0.493 e. The number of ether oxygens (including phenoxy) is 4. The van der Waals surface area contributed by atoms with Crippen LogP contribution in [0, 0.1) is 11.3 Å². The Bertz CT molecular complexity index is 845. The number of nitrogens with zero attached hydrogens (tertiary/aromatic N) is 1. The van der Waals surface area contributed by atoms with E-state index in [0.717, 1.165) is 6.42 Å². The zero-order valence-electron chi connectivity index (χ0n) is 14.7. The van der Waals surface area contributed by atoms with Gasteiger partial charge in [-0.2, -0.15) is 5.26 Å². The minimum atomic E-state index is -0.643. The molecule has 0 saturated carbocycles. The highest BCUT2D eigenvalue weighted by Gasteiger charge is 2.19. The van der Waals surface area contributed by atoms with Gasteiger partial charge in [0.15, 0.2) is 23.0 Å². The second kappa shape index (κ2) is 8.97. The Balaban J connectivity index is 2.30. The number of esters is 1. The van der Waals surface area contributed by atoms with E-state index in [0.29, 0.717) is 23.7 Å². The number of benzene rings is 2. The molecule has 0 bridgehead atoms. The third-order valence-corrected chi connectivity index (χ3v) is 3.69. The van der Waals surface area contributed by atoms with E-state index in [1.54, 1.807) is 0 Å². The number of carbonyl (C=O) groups is 1. The van der Waals surface area contributed by atoms with Gasteiger partial charge in [-0.3, -0.25) is 0 Å². The van der Waals surface area contributed by atoms with E-state index in [2.05, 4.69) is 0 Å². The number of carbonyl (C=O) groups excluding carboxylic acids is 1. The number of methoxy groups -OCH3 is 2. The van der Waals surface area contributed by atoms with Crippen LogP contribution in [0.2, 0.25) is 5.02 Å². The van der Waals surface area contributed by atoms with E-state index in [-0.39, 0.29) is 22.1 Å². The van der Waals surface area contributed by atoms with Crippen LogP contribution in [0.5, 0.6) is 23.0 Å². The summed E-state index contributed by atoms with van der Waals surface area (Å²) in [7, 11) is 2.89. The Kier molecular flexibility index (Phi) is 6.70. The average molecular weight is 376 g/mol. The maximum absolute atomic E-state index is 12.5. The molecule has 0 amide bonds. The summed E-state index contributed by atoms with van der Waals surface area (Å²) in [5.74, 6) is 0.541. The van der Waals surface area contributed by atoms with E-state index in [1.807, 2.05) is 13.0 Å². The van der Waals surface area contributed by atoms with Crippen LogP contribution in [0.3, 0.4) is 0 Å². The molecule has 2 rings (SSSR count). The quantitative estimate of drug-likeness (QED) is 0.532. The number of rotatable bonds is 7. The zero-order valence-corrected chi connectivity index (χ0v) is 15.4. The van der Waals surface area contributed by atoms with Crippen molar-refractivity contribution in [3.05, 3.63) is 46.5 Å². The Hall–Kier alpha value is -2.91. The molecule has 2 aromatic rings. The molecule has 0 aliphatic carbocycles. The van der Waals surface area contributed by atoms with Crippen molar-refractivity contribution in [2.24, 2.45) is 0 Å². The standard InChI is InChI=1S/C19H18ClNO5/c1-4-7-25-18-14(20)9-13(10-17(18)24-3)19(22)26-15-6-5-12(11-21)8-16(15)23-2/h5-6,8-10H,4,7H2,1-3H3. The highest BCUT2D eigenvalue weighted by Crippen LogP contribution is 2.37. The lowest BCUT2D eigenvalue weighted by atomic mass is 10.2. The average Bonchev–Trinajstić information content (AvgIpc) is 2.66. The van der Waals surface area contributed by atoms with Crippen LogP contribution in [-0.2, 0) is 0 Å². The predicted octanol–water partition coefficient (Wildman–Crippen LogP) is 4.24. The van der Waals surface area contributed by atoms with Crippen molar-refractivity contribution in [3.63, 3.8) is 0 Å². The van der Waals surface area contributed by atoms with E-state index in [9.17, 15) is 4.79 Å². The van der Waals surface area contributed by atoms with Crippen molar-refractivity contribution >= 4 is 17.6 Å². The fourth-order valence-electron chi connectivity index (χ4n) is 2.16. The Labute approximate surface area is 156 Å². The molecule has 0 aromatic heterocycles. The number of hydrogen-bond acceptors (Lipinski definition) is 6. The summed E-state index contributed by atoms with van der Waals surface area (Å²) in [6.07, 6.45) is 0.807. The molecule has 0 fully saturated rings. The van der Waals surface area contributed by atoms with Gasteiger partial charge < -0.3 is 18.9 Å². The van der Waals surface area contributed by atoms with Crippen molar-refractivity contribution in [3.8, 4) is 29.1 Å². The SMILES string of the molecule is CCCOc1c(Cl)cc(C(=O)Oc2ccc(C#N)cc2OC)cc1OC. The maximum atomic E-state index is 12.5. The van der Waals surface area contributed by atoms with Gasteiger partial charge in [-0.1, -0.05) is 18.5 Å². The highest BCUT2D eigenvalue weighted by molar-refractivity contribution is 6.32. The van der Waals surface area contributed by atoms with Crippen LogP contribution in [0.15, 0.2) is 30.3 Å². The summed E-state index contributed by atoms with van der Waals surface area (Å²) in [5.41, 5.74) is 0.589.